The number of ether oxygens (including phenoxy) is 1. The van der Waals surface area contributed by atoms with Gasteiger partial charge < -0.3 is 10.1 Å². The average molecular weight is 320 g/mol. The maximum Gasteiger partial charge on any atom is 0.283 e. The molecule has 23 heavy (non-hydrogen) atoms. The summed E-state index contributed by atoms with van der Waals surface area (Å²) in [6.45, 7) is 1.59. The van der Waals surface area contributed by atoms with Crippen molar-refractivity contribution in [3.05, 3.63) is 33.9 Å². The summed E-state index contributed by atoms with van der Waals surface area (Å²) in [4.78, 5) is 33.2. The van der Waals surface area contributed by atoms with E-state index in [0.29, 0.717) is 6.29 Å². The topological polar surface area (TPSA) is 98.5 Å². The van der Waals surface area contributed by atoms with E-state index in [0.717, 1.165) is 31.7 Å². The van der Waals surface area contributed by atoms with Crippen LogP contribution < -0.4 is 10.1 Å². The molecule has 1 aromatic rings. The summed E-state index contributed by atoms with van der Waals surface area (Å²) in [7, 11) is 0. The fourth-order valence-corrected chi connectivity index (χ4v) is 2.68. The molecule has 1 saturated carbocycles. The number of nitrogens with one attached hydrogen (secondary N) is 1. The molecule has 1 amide bonds. The van der Waals surface area contributed by atoms with Crippen LogP contribution in [0.25, 0.3) is 0 Å². The molecule has 1 aliphatic rings. The first-order valence-electron chi connectivity index (χ1n) is 7.72. The molecule has 0 radical (unpaired) electrons. The first-order chi connectivity index (χ1) is 11.0. The summed E-state index contributed by atoms with van der Waals surface area (Å²) in [5, 5.41) is 13.9. The van der Waals surface area contributed by atoms with Crippen LogP contribution in [0.2, 0.25) is 0 Å². The Morgan fingerprint density at radius 1 is 1.39 bits per heavy atom. The number of hydrogen-bond acceptors (Lipinski definition) is 5. The second kappa shape index (κ2) is 7.71. The first kappa shape index (κ1) is 16.9. The number of rotatable bonds is 6. The highest BCUT2D eigenvalue weighted by Gasteiger charge is 2.22. The van der Waals surface area contributed by atoms with Gasteiger partial charge in [-0.3, -0.25) is 19.7 Å². The average Bonchev–Trinajstić information content (AvgIpc) is 2.55. The fraction of sp³-hybridized carbons (Fsp3) is 0.500. The quantitative estimate of drug-likeness (QED) is 0.493. The number of nitro benzene ring substituents is 1. The molecule has 7 heteroatoms. The van der Waals surface area contributed by atoms with Gasteiger partial charge in [0.2, 0.25) is 0 Å². The van der Waals surface area contributed by atoms with E-state index < -0.39 is 11.0 Å². The third-order valence-corrected chi connectivity index (χ3v) is 3.96. The second-order valence-corrected chi connectivity index (χ2v) is 5.70. The van der Waals surface area contributed by atoms with Crippen LogP contribution in [0.4, 0.5) is 5.69 Å². The highest BCUT2D eigenvalue weighted by atomic mass is 16.6. The van der Waals surface area contributed by atoms with E-state index in [9.17, 15) is 19.7 Å². The maximum absolute atomic E-state index is 12.1. The van der Waals surface area contributed by atoms with E-state index in [1.165, 1.54) is 18.6 Å². The Balaban J connectivity index is 2.00. The monoisotopic (exact) mass is 320 g/mol. The first-order valence-corrected chi connectivity index (χ1v) is 7.72. The van der Waals surface area contributed by atoms with E-state index in [4.69, 9.17) is 4.74 Å². The van der Waals surface area contributed by atoms with Crippen molar-refractivity contribution in [3.63, 3.8) is 0 Å². The van der Waals surface area contributed by atoms with Crippen molar-refractivity contribution in [2.45, 2.75) is 51.2 Å². The zero-order valence-electron chi connectivity index (χ0n) is 13.0. The third-order valence-electron chi connectivity index (χ3n) is 3.96. The Morgan fingerprint density at radius 2 is 2.09 bits per heavy atom. The number of aldehydes is 1. The lowest BCUT2D eigenvalue weighted by atomic mass is 9.95. The molecule has 1 N–H and O–H groups in total. The number of hydrogen-bond donors (Lipinski definition) is 1. The summed E-state index contributed by atoms with van der Waals surface area (Å²) in [5.74, 6) is -0.0485. The van der Waals surface area contributed by atoms with Gasteiger partial charge in [-0.05, 0) is 31.9 Å². The van der Waals surface area contributed by atoms with Gasteiger partial charge in [0.1, 0.15) is 5.75 Å². The van der Waals surface area contributed by atoms with Gasteiger partial charge in [-0.25, -0.2) is 0 Å². The molecule has 1 fully saturated rings. The molecule has 124 valence electrons. The molecule has 0 saturated heterocycles. The van der Waals surface area contributed by atoms with Crippen LogP contribution >= 0.6 is 0 Å². The molecular weight excluding hydrogens is 300 g/mol. The van der Waals surface area contributed by atoms with Crippen LogP contribution in [0.1, 0.15) is 49.4 Å². The molecule has 0 aromatic heterocycles. The molecule has 2 rings (SSSR count). The maximum atomic E-state index is 12.1. The predicted molar refractivity (Wildman–Crippen MR) is 83.6 cm³/mol. The van der Waals surface area contributed by atoms with Crippen LogP contribution in [-0.2, 0) is 4.79 Å². The molecule has 0 spiro atoms. The molecule has 0 heterocycles. The fourth-order valence-electron chi connectivity index (χ4n) is 2.68. The number of carbonyl (C=O) groups is 2. The molecule has 1 atom stereocenters. The minimum absolute atomic E-state index is 0.0262. The lowest BCUT2D eigenvalue weighted by Gasteiger charge is -2.24. The largest absolute Gasteiger partial charge is 0.481 e. The van der Waals surface area contributed by atoms with Crippen molar-refractivity contribution >= 4 is 17.9 Å². The zero-order valence-corrected chi connectivity index (χ0v) is 13.0. The van der Waals surface area contributed by atoms with Gasteiger partial charge in [-0.15, -0.1) is 0 Å². The second-order valence-electron chi connectivity index (χ2n) is 5.70. The van der Waals surface area contributed by atoms with Gasteiger partial charge in [-0.2, -0.15) is 0 Å². The Bertz CT molecular complexity index is 596. The summed E-state index contributed by atoms with van der Waals surface area (Å²) < 4.78 is 5.48. The summed E-state index contributed by atoms with van der Waals surface area (Å²) in [5.41, 5.74) is -0.362. The zero-order chi connectivity index (χ0) is 16.8. The molecule has 1 unspecified atom stereocenters. The Labute approximate surface area is 134 Å². The molecule has 1 aliphatic carbocycles. The van der Waals surface area contributed by atoms with Gasteiger partial charge in [0.15, 0.2) is 12.4 Å². The number of nitrogens with zero attached hydrogens (tertiary/aromatic N) is 1. The van der Waals surface area contributed by atoms with E-state index >= 15 is 0 Å². The number of amides is 1. The van der Waals surface area contributed by atoms with Crippen LogP contribution in [-0.4, -0.2) is 29.3 Å². The van der Waals surface area contributed by atoms with Gasteiger partial charge in [-0.1, -0.05) is 19.3 Å². The van der Waals surface area contributed by atoms with Crippen LogP contribution in [0.15, 0.2) is 18.2 Å². The van der Waals surface area contributed by atoms with Gasteiger partial charge in [0.25, 0.3) is 11.6 Å². The van der Waals surface area contributed by atoms with Crippen molar-refractivity contribution in [3.8, 4) is 5.75 Å². The highest BCUT2D eigenvalue weighted by molar-refractivity contribution is 5.82. The smallest absolute Gasteiger partial charge is 0.283 e. The normalized spacial score (nSPS) is 16.4. The van der Waals surface area contributed by atoms with Crippen LogP contribution in [0.5, 0.6) is 5.75 Å². The van der Waals surface area contributed by atoms with E-state index in [2.05, 4.69) is 5.32 Å². The van der Waals surface area contributed by atoms with Gasteiger partial charge in [0.05, 0.1) is 16.6 Å². The van der Waals surface area contributed by atoms with Gasteiger partial charge >= 0.3 is 0 Å². The van der Waals surface area contributed by atoms with Crippen LogP contribution in [0.3, 0.4) is 0 Å². The van der Waals surface area contributed by atoms with E-state index in [1.807, 2.05) is 0 Å². The summed E-state index contributed by atoms with van der Waals surface area (Å²) in [6, 6.07) is 4.09. The van der Waals surface area contributed by atoms with Crippen molar-refractivity contribution in [2.75, 3.05) is 0 Å². The Hall–Kier alpha value is -2.44. The van der Waals surface area contributed by atoms with Crippen molar-refractivity contribution in [1.29, 1.82) is 0 Å². The number of nitro groups is 1. The minimum Gasteiger partial charge on any atom is -0.481 e. The predicted octanol–water partition coefficient (Wildman–Crippen LogP) is 2.62. The SMILES string of the molecule is CC(Oc1ccc(C=O)c([N+](=O)[O-])c1)C(=O)NC1CCCCC1. The summed E-state index contributed by atoms with van der Waals surface area (Å²) >= 11 is 0. The lowest BCUT2D eigenvalue weighted by molar-refractivity contribution is -0.385. The molecule has 0 bridgehead atoms. The molecule has 7 nitrogen and oxygen atoms in total. The molecule has 1 aromatic carbocycles. The van der Waals surface area contributed by atoms with Gasteiger partial charge in [0, 0.05) is 6.04 Å². The van der Waals surface area contributed by atoms with Crippen LogP contribution in [0, 0.1) is 10.1 Å². The molecular formula is C16H20N2O5. The van der Waals surface area contributed by atoms with Crippen molar-refractivity contribution < 1.29 is 19.2 Å². The Kier molecular flexibility index (Phi) is 5.67. The number of benzene rings is 1. The number of carbonyl (C=O) groups excluding carboxylic acids is 2. The molecule has 0 aliphatic heterocycles. The third kappa shape index (κ3) is 4.51. The van der Waals surface area contributed by atoms with E-state index in [-0.39, 0.29) is 28.9 Å². The van der Waals surface area contributed by atoms with Crippen molar-refractivity contribution in [2.24, 2.45) is 0 Å². The lowest BCUT2D eigenvalue weighted by Crippen LogP contribution is -2.43. The van der Waals surface area contributed by atoms with E-state index in [1.54, 1.807) is 6.92 Å². The minimum atomic E-state index is -0.765. The standard InChI is InChI=1S/C16H20N2O5/c1-11(16(20)17-13-5-3-2-4-6-13)23-14-8-7-12(10-19)15(9-14)18(21)22/h7-11,13H,2-6H2,1H3,(H,17,20). The summed E-state index contributed by atoms with van der Waals surface area (Å²) in [6.07, 6.45) is 5.01. The highest BCUT2D eigenvalue weighted by Crippen LogP contribution is 2.24. The van der Waals surface area contributed by atoms with Crippen molar-refractivity contribution in [1.82, 2.24) is 5.32 Å². The Morgan fingerprint density at radius 3 is 2.70 bits per heavy atom.